The van der Waals surface area contributed by atoms with Gasteiger partial charge in [-0.05, 0) is 30.3 Å². The molecule has 1 aliphatic rings. The van der Waals surface area contributed by atoms with Crippen LogP contribution in [-0.4, -0.2) is 17.1 Å². The fourth-order valence-electron chi connectivity index (χ4n) is 3.45. The molecule has 0 saturated carbocycles. The van der Waals surface area contributed by atoms with E-state index >= 15 is 0 Å². The Morgan fingerprint density at radius 1 is 1.19 bits per heavy atom. The fraction of sp³-hybridized carbons (Fsp3) is 0.143. The van der Waals surface area contributed by atoms with Crippen LogP contribution in [0.15, 0.2) is 72.0 Å². The number of rotatable bonds is 4. The van der Waals surface area contributed by atoms with Crippen LogP contribution in [0.3, 0.4) is 0 Å². The van der Waals surface area contributed by atoms with Gasteiger partial charge in [-0.25, -0.2) is 0 Å². The Balaban J connectivity index is 2.05. The van der Waals surface area contributed by atoms with E-state index in [1.54, 1.807) is 19.5 Å². The van der Waals surface area contributed by atoms with Crippen LogP contribution in [0.2, 0.25) is 0 Å². The van der Waals surface area contributed by atoms with E-state index in [-0.39, 0.29) is 0 Å². The van der Waals surface area contributed by atoms with Crippen LogP contribution in [0.4, 0.5) is 0 Å². The largest absolute Gasteiger partial charge is 0.496 e. The third-order valence-corrected chi connectivity index (χ3v) is 5.03. The highest BCUT2D eigenvalue weighted by Gasteiger charge is 2.45. The van der Waals surface area contributed by atoms with Gasteiger partial charge in [-0.15, -0.1) is 6.58 Å². The molecule has 1 atom stereocenters. The second kappa shape index (κ2) is 6.57. The van der Waals surface area contributed by atoms with Gasteiger partial charge in [-0.1, -0.05) is 34.1 Å². The lowest BCUT2D eigenvalue weighted by Gasteiger charge is -2.39. The Labute approximate surface area is 160 Å². The maximum atomic E-state index is 6.59. The van der Waals surface area contributed by atoms with Gasteiger partial charge in [0.2, 0.25) is 0 Å². The van der Waals surface area contributed by atoms with Crippen molar-refractivity contribution >= 4 is 15.9 Å². The highest BCUT2D eigenvalue weighted by atomic mass is 79.9. The van der Waals surface area contributed by atoms with Crippen molar-refractivity contribution in [1.29, 1.82) is 0 Å². The highest BCUT2D eigenvalue weighted by molar-refractivity contribution is 9.10. The van der Waals surface area contributed by atoms with Gasteiger partial charge in [0.1, 0.15) is 17.2 Å². The monoisotopic (exact) mass is 408 g/mol. The average molecular weight is 409 g/mol. The molecule has 130 valence electrons. The molecule has 0 N–H and O–H groups in total. The summed E-state index contributed by atoms with van der Waals surface area (Å²) < 4.78 is 13.2. The first-order chi connectivity index (χ1) is 12.7. The van der Waals surface area contributed by atoms with Crippen molar-refractivity contribution in [2.24, 2.45) is 0 Å². The summed E-state index contributed by atoms with van der Waals surface area (Å²) >= 11 is 3.51. The van der Waals surface area contributed by atoms with Gasteiger partial charge in [-0.2, -0.15) is 0 Å². The van der Waals surface area contributed by atoms with Crippen molar-refractivity contribution in [2.75, 3.05) is 7.11 Å². The second-order valence-corrected chi connectivity index (χ2v) is 6.93. The van der Waals surface area contributed by atoms with E-state index in [9.17, 15) is 0 Å². The Morgan fingerprint density at radius 3 is 2.81 bits per heavy atom. The van der Waals surface area contributed by atoms with Crippen LogP contribution in [0, 0.1) is 0 Å². The van der Waals surface area contributed by atoms with Crippen LogP contribution >= 0.6 is 15.9 Å². The van der Waals surface area contributed by atoms with Crippen LogP contribution in [0.25, 0.3) is 11.3 Å². The number of aromatic nitrogens is 2. The van der Waals surface area contributed by atoms with Crippen molar-refractivity contribution in [3.8, 4) is 22.8 Å². The molecule has 4 nitrogen and oxygen atoms in total. The summed E-state index contributed by atoms with van der Waals surface area (Å²) in [5, 5.41) is 0. The van der Waals surface area contributed by atoms with Gasteiger partial charge < -0.3 is 9.47 Å². The minimum Gasteiger partial charge on any atom is -0.496 e. The lowest BCUT2D eigenvalue weighted by atomic mass is 9.81. The fourth-order valence-corrected chi connectivity index (χ4v) is 3.79. The standard InChI is InChI=1S/C21H17BrN2O2/c1-3-10-21(16-9-8-14(22)13-18(16)25-2)20-19(23-11-12-24-20)15-6-4-5-7-17(15)26-21/h3-9,11-13H,1,10H2,2H3/t21-/m0/s1. The molecule has 4 rings (SSSR count). The maximum absolute atomic E-state index is 6.59. The molecule has 0 amide bonds. The molecule has 26 heavy (non-hydrogen) atoms. The quantitative estimate of drug-likeness (QED) is 0.561. The summed E-state index contributed by atoms with van der Waals surface area (Å²) in [5.41, 5.74) is 2.55. The van der Waals surface area contributed by atoms with Crippen molar-refractivity contribution < 1.29 is 9.47 Å². The van der Waals surface area contributed by atoms with Crippen molar-refractivity contribution in [3.05, 3.63) is 83.2 Å². The minimum absolute atomic E-state index is 0.533. The number of ether oxygens (including phenoxy) is 2. The van der Waals surface area contributed by atoms with Crippen molar-refractivity contribution in [1.82, 2.24) is 9.97 Å². The van der Waals surface area contributed by atoms with E-state index < -0.39 is 5.60 Å². The minimum atomic E-state index is -0.855. The molecular formula is C21H17BrN2O2. The zero-order valence-electron chi connectivity index (χ0n) is 14.3. The molecule has 2 heterocycles. The lowest BCUT2D eigenvalue weighted by Crippen LogP contribution is -2.38. The smallest absolute Gasteiger partial charge is 0.185 e. The van der Waals surface area contributed by atoms with Gasteiger partial charge in [0, 0.05) is 34.4 Å². The summed E-state index contributed by atoms with van der Waals surface area (Å²) in [6.07, 6.45) is 5.77. The van der Waals surface area contributed by atoms with E-state index in [1.165, 1.54) is 0 Å². The van der Waals surface area contributed by atoms with Crippen LogP contribution < -0.4 is 9.47 Å². The molecule has 0 unspecified atom stereocenters. The number of nitrogens with zero attached hydrogens (tertiary/aromatic N) is 2. The Bertz CT molecular complexity index is 989. The van der Waals surface area contributed by atoms with Gasteiger partial charge in [0.05, 0.1) is 12.8 Å². The molecule has 0 saturated heterocycles. The number of halogens is 1. The Morgan fingerprint density at radius 2 is 2.00 bits per heavy atom. The van der Waals surface area contributed by atoms with Crippen LogP contribution in [-0.2, 0) is 5.60 Å². The summed E-state index contributed by atoms with van der Waals surface area (Å²) in [5.74, 6) is 1.49. The molecule has 0 spiro atoms. The molecule has 0 radical (unpaired) electrons. The average Bonchev–Trinajstić information content (AvgIpc) is 2.68. The summed E-state index contributed by atoms with van der Waals surface area (Å²) in [6.45, 7) is 3.95. The molecule has 3 aromatic rings. The van der Waals surface area contributed by atoms with Crippen LogP contribution in [0.1, 0.15) is 17.7 Å². The number of fused-ring (bicyclic) bond motifs is 3. The number of para-hydroxylation sites is 1. The molecule has 0 bridgehead atoms. The molecular weight excluding hydrogens is 392 g/mol. The molecule has 0 fully saturated rings. The Hall–Kier alpha value is -2.66. The van der Waals surface area contributed by atoms with Gasteiger partial charge in [0.25, 0.3) is 0 Å². The van der Waals surface area contributed by atoms with Gasteiger partial charge in [-0.3, -0.25) is 9.97 Å². The molecule has 1 aromatic heterocycles. The van der Waals surface area contributed by atoms with Gasteiger partial charge in [0.15, 0.2) is 5.60 Å². The summed E-state index contributed by atoms with van der Waals surface area (Å²) in [7, 11) is 1.65. The molecule has 1 aliphatic heterocycles. The number of methoxy groups -OCH3 is 1. The van der Waals surface area contributed by atoms with E-state index in [2.05, 4.69) is 32.5 Å². The van der Waals surface area contributed by atoms with Crippen LogP contribution in [0.5, 0.6) is 11.5 Å². The molecule has 0 aliphatic carbocycles. The SMILES string of the molecule is C=CC[C@@]1(c2ccc(Br)cc2OC)Oc2ccccc2-c2nccnc21. The first kappa shape index (κ1) is 16.8. The Kier molecular flexibility index (Phi) is 4.24. The third-order valence-electron chi connectivity index (χ3n) is 4.54. The van der Waals surface area contributed by atoms with E-state index in [0.29, 0.717) is 6.42 Å². The summed E-state index contributed by atoms with van der Waals surface area (Å²) in [6, 6.07) is 13.8. The number of hydrogen-bond acceptors (Lipinski definition) is 4. The first-order valence-corrected chi connectivity index (χ1v) is 9.03. The normalized spacial score (nSPS) is 17.6. The molecule has 5 heteroatoms. The lowest BCUT2D eigenvalue weighted by molar-refractivity contribution is 0.102. The first-order valence-electron chi connectivity index (χ1n) is 8.24. The second-order valence-electron chi connectivity index (χ2n) is 6.02. The maximum Gasteiger partial charge on any atom is 0.185 e. The predicted octanol–water partition coefficient (Wildman–Crippen LogP) is 5.13. The van der Waals surface area contributed by atoms with Gasteiger partial charge >= 0.3 is 0 Å². The van der Waals surface area contributed by atoms with Crippen molar-refractivity contribution in [3.63, 3.8) is 0 Å². The zero-order valence-corrected chi connectivity index (χ0v) is 15.9. The van der Waals surface area contributed by atoms with E-state index in [1.807, 2.05) is 48.5 Å². The van der Waals surface area contributed by atoms with E-state index in [0.717, 1.165) is 38.5 Å². The third kappa shape index (κ3) is 2.51. The highest BCUT2D eigenvalue weighted by Crippen LogP contribution is 2.50. The predicted molar refractivity (Wildman–Crippen MR) is 104 cm³/mol. The topological polar surface area (TPSA) is 44.2 Å². The van der Waals surface area contributed by atoms with E-state index in [4.69, 9.17) is 9.47 Å². The zero-order chi connectivity index (χ0) is 18.1. The summed E-state index contributed by atoms with van der Waals surface area (Å²) in [4.78, 5) is 9.27. The number of benzene rings is 2. The molecule has 2 aromatic carbocycles. The number of hydrogen-bond donors (Lipinski definition) is 0. The van der Waals surface area contributed by atoms with Crippen molar-refractivity contribution in [2.45, 2.75) is 12.0 Å².